The van der Waals surface area contributed by atoms with Gasteiger partial charge >= 0.3 is 5.97 Å². The lowest BCUT2D eigenvalue weighted by Gasteiger charge is -2.08. The summed E-state index contributed by atoms with van der Waals surface area (Å²) in [5.41, 5.74) is 0.381. The molecule has 8 rings (SSSR count). The minimum Gasteiger partial charge on any atom is -0.493 e. The number of aromatic nitrogens is 8. The van der Waals surface area contributed by atoms with E-state index < -0.39 is 16.8 Å². The van der Waals surface area contributed by atoms with Gasteiger partial charge in [-0.15, -0.1) is 10.2 Å². The Morgan fingerprint density at radius 3 is 1.49 bits per heavy atom. The lowest BCUT2D eigenvalue weighted by molar-refractivity contribution is -0.140. The molecular formula is C36H28Cl4N8O7. The highest BCUT2D eigenvalue weighted by atomic mass is 35.5. The molecule has 2 aliphatic rings. The summed E-state index contributed by atoms with van der Waals surface area (Å²) in [5.74, 6) is -0.118. The Hall–Kier alpha value is -5.22. The lowest BCUT2D eigenvalue weighted by atomic mass is 10.1. The van der Waals surface area contributed by atoms with Gasteiger partial charge in [0.25, 0.3) is 0 Å². The van der Waals surface area contributed by atoms with E-state index in [-0.39, 0.29) is 51.6 Å². The SMILES string of the molecule is COc1ccc(C(=O)Cc2c(Cl)cncc2Cl)n2nc(C3(C(=O)O)CC3)nc12.COc1ccc(C(=O)Cc2c(Cl)cncc2Cl)n2nc(C3(C=O)CC3)nc12. The van der Waals surface area contributed by atoms with Crippen LogP contribution in [0.5, 0.6) is 11.5 Å². The van der Waals surface area contributed by atoms with Crippen molar-refractivity contribution in [1.82, 2.24) is 39.2 Å². The number of carbonyl (C=O) groups excluding carboxylic acids is 3. The number of hydrogen-bond acceptors (Lipinski definition) is 12. The molecule has 0 unspecified atom stereocenters. The van der Waals surface area contributed by atoms with Crippen molar-refractivity contribution in [1.29, 1.82) is 0 Å². The van der Waals surface area contributed by atoms with Gasteiger partial charge in [0.15, 0.2) is 46.0 Å². The van der Waals surface area contributed by atoms with Crippen LogP contribution in [0.1, 0.15) is 69.4 Å². The van der Waals surface area contributed by atoms with Gasteiger partial charge in [0, 0.05) is 48.8 Å². The molecule has 0 spiro atoms. The van der Waals surface area contributed by atoms with Crippen LogP contribution in [-0.2, 0) is 33.3 Å². The Labute approximate surface area is 331 Å². The van der Waals surface area contributed by atoms with Crippen LogP contribution in [0.25, 0.3) is 11.3 Å². The van der Waals surface area contributed by atoms with Gasteiger partial charge in [-0.2, -0.15) is 0 Å². The van der Waals surface area contributed by atoms with Crippen molar-refractivity contribution in [3.05, 3.63) is 103 Å². The molecule has 0 aliphatic heterocycles. The highest BCUT2D eigenvalue weighted by Crippen LogP contribution is 2.47. The van der Waals surface area contributed by atoms with Crippen molar-refractivity contribution >= 4 is 81.5 Å². The highest BCUT2D eigenvalue weighted by Gasteiger charge is 2.55. The maximum absolute atomic E-state index is 13.0. The molecular weight excluding hydrogens is 798 g/mol. The number of hydrogen-bond donors (Lipinski definition) is 1. The molecule has 6 aromatic heterocycles. The Kier molecular flexibility index (Phi) is 10.2. The third-order valence-corrected chi connectivity index (χ3v) is 10.8. The van der Waals surface area contributed by atoms with Crippen LogP contribution in [-0.4, -0.2) is 82.3 Å². The average molecular weight is 826 g/mol. The molecule has 6 heterocycles. The number of fused-ring (bicyclic) bond motifs is 2. The summed E-state index contributed by atoms with van der Waals surface area (Å²) in [6.07, 6.45) is 8.78. The number of aliphatic carboxylic acids is 1. The molecule has 55 heavy (non-hydrogen) atoms. The van der Waals surface area contributed by atoms with Gasteiger partial charge in [-0.3, -0.25) is 24.4 Å². The van der Waals surface area contributed by atoms with Gasteiger partial charge in [0.2, 0.25) is 0 Å². The molecule has 15 nitrogen and oxygen atoms in total. The van der Waals surface area contributed by atoms with E-state index in [2.05, 4.69) is 30.1 Å². The maximum Gasteiger partial charge on any atom is 0.317 e. The zero-order valence-electron chi connectivity index (χ0n) is 28.9. The van der Waals surface area contributed by atoms with Gasteiger partial charge < -0.3 is 19.4 Å². The van der Waals surface area contributed by atoms with Crippen LogP contribution in [0.3, 0.4) is 0 Å². The first kappa shape index (κ1) is 38.1. The first-order valence-corrected chi connectivity index (χ1v) is 18.1. The van der Waals surface area contributed by atoms with E-state index in [0.717, 1.165) is 6.29 Å². The van der Waals surface area contributed by atoms with Gasteiger partial charge in [0.1, 0.15) is 23.1 Å². The van der Waals surface area contributed by atoms with Crippen molar-refractivity contribution in [3.63, 3.8) is 0 Å². The molecule has 0 radical (unpaired) electrons. The number of ketones is 2. The minimum atomic E-state index is -1.10. The maximum atomic E-state index is 13.0. The topological polar surface area (TPSA) is 193 Å². The summed E-state index contributed by atoms with van der Waals surface area (Å²) < 4.78 is 13.4. The fourth-order valence-electron chi connectivity index (χ4n) is 5.94. The number of halogens is 4. The smallest absolute Gasteiger partial charge is 0.317 e. The van der Waals surface area contributed by atoms with Crippen molar-refractivity contribution in [3.8, 4) is 11.5 Å². The fraction of sp³-hybridized carbons (Fsp3) is 0.278. The van der Waals surface area contributed by atoms with Crippen LogP contribution in [0.4, 0.5) is 0 Å². The third kappa shape index (κ3) is 6.97. The summed E-state index contributed by atoms with van der Waals surface area (Å²) >= 11 is 24.5. The van der Waals surface area contributed by atoms with E-state index in [9.17, 15) is 24.3 Å². The third-order valence-electron chi connectivity index (χ3n) is 9.53. The lowest BCUT2D eigenvalue weighted by Crippen LogP contribution is -2.21. The molecule has 19 heteroatoms. The second-order valence-corrected chi connectivity index (χ2v) is 14.6. The molecule has 0 aromatic carbocycles. The molecule has 0 bridgehead atoms. The Bertz CT molecular complexity index is 2510. The first-order valence-electron chi connectivity index (χ1n) is 16.6. The monoisotopic (exact) mass is 824 g/mol. The number of ether oxygens (including phenoxy) is 2. The van der Waals surface area contributed by atoms with Crippen LogP contribution in [0, 0.1) is 0 Å². The summed E-state index contributed by atoms with van der Waals surface area (Å²) in [5, 5.41) is 19.5. The zero-order valence-corrected chi connectivity index (χ0v) is 31.9. The van der Waals surface area contributed by atoms with Crippen LogP contribution in [0.15, 0.2) is 49.1 Å². The predicted molar refractivity (Wildman–Crippen MR) is 199 cm³/mol. The molecule has 282 valence electrons. The number of carbonyl (C=O) groups is 4. The molecule has 0 amide bonds. The molecule has 2 saturated carbocycles. The van der Waals surface area contributed by atoms with E-state index in [0.29, 0.717) is 75.5 Å². The van der Waals surface area contributed by atoms with Gasteiger partial charge in [-0.25, -0.2) is 19.0 Å². The van der Waals surface area contributed by atoms with Gasteiger partial charge in [-0.1, -0.05) is 46.4 Å². The summed E-state index contributed by atoms with van der Waals surface area (Å²) in [6, 6.07) is 6.40. The molecule has 2 aliphatic carbocycles. The minimum absolute atomic E-state index is 0.0182. The fourth-order valence-corrected chi connectivity index (χ4v) is 6.93. The number of nitrogens with zero attached hydrogens (tertiary/aromatic N) is 8. The van der Waals surface area contributed by atoms with E-state index >= 15 is 0 Å². The van der Waals surface area contributed by atoms with Gasteiger partial charge in [0.05, 0.1) is 39.7 Å². The van der Waals surface area contributed by atoms with Crippen LogP contribution >= 0.6 is 46.4 Å². The Balaban J connectivity index is 0.000000169. The van der Waals surface area contributed by atoms with Crippen molar-refractivity contribution in [2.24, 2.45) is 0 Å². The number of carboxylic acids is 1. The van der Waals surface area contributed by atoms with E-state index in [1.807, 2.05) is 0 Å². The van der Waals surface area contributed by atoms with Crippen molar-refractivity contribution in [2.75, 3.05) is 14.2 Å². The predicted octanol–water partition coefficient (Wildman–Crippen LogP) is 6.08. The van der Waals surface area contributed by atoms with Crippen LogP contribution in [0.2, 0.25) is 20.1 Å². The second kappa shape index (κ2) is 14.8. The number of carboxylic acid groups (broad SMARTS) is 1. The molecule has 1 N–H and O–H groups in total. The second-order valence-electron chi connectivity index (χ2n) is 12.9. The number of methoxy groups -OCH3 is 2. The number of rotatable bonds is 12. The highest BCUT2D eigenvalue weighted by molar-refractivity contribution is 6.36. The van der Waals surface area contributed by atoms with Crippen molar-refractivity contribution in [2.45, 2.75) is 49.4 Å². The van der Waals surface area contributed by atoms with Crippen molar-refractivity contribution < 1.29 is 33.8 Å². The summed E-state index contributed by atoms with van der Waals surface area (Å²) in [7, 11) is 2.97. The normalized spacial score (nSPS) is 14.9. The summed E-state index contributed by atoms with van der Waals surface area (Å²) in [4.78, 5) is 65.5. The van der Waals surface area contributed by atoms with E-state index in [4.69, 9.17) is 55.9 Å². The number of pyridine rings is 4. The molecule has 0 atom stereocenters. The number of aldehydes is 1. The van der Waals surface area contributed by atoms with E-state index in [1.54, 1.807) is 24.3 Å². The molecule has 6 aromatic rings. The average Bonchev–Trinajstić information content (AvgIpc) is 4.07. The van der Waals surface area contributed by atoms with Gasteiger partial charge in [-0.05, 0) is 49.9 Å². The Morgan fingerprint density at radius 2 is 1.13 bits per heavy atom. The summed E-state index contributed by atoms with van der Waals surface area (Å²) in [6.45, 7) is 0. The van der Waals surface area contributed by atoms with Crippen LogP contribution < -0.4 is 9.47 Å². The zero-order chi connectivity index (χ0) is 39.2. The largest absolute Gasteiger partial charge is 0.493 e. The standard InChI is InChI=1S/C18H14Cl2N4O4.C18H14Cl2N4O3/c1-28-14-3-2-12(13(25)6-9-10(19)7-21-8-11(9)20)24-15(14)22-16(23-24)18(4-5-18)17(26)27;1-27-15-3-2-13(14(26)6-10-11(19)7-21-8-12(10)20)24-16(15)22-17(23-24)18(9-25)4-5-18/h2-3,7-8H,4-6H2,1H3,(H,26,27);2-3,7-9H,4-6H2,1H3. The van der Waals surface area contributed by atoms with E-state index in [1.165, 1.54) is 48.0 Å². The Morgan fingerprint density at radius 1 is 0.709 bits per heavy atom. The quantitative estimate of drug-likeness (QED) is 0.110. The number of Topliss-reactive ketones (excluding diaryl/α,β-unsaturated/α-hetero) is 2. The molecule has 2 fully saturated rings. The molecule has 0 saturated heterocycles. The first-order chi connectivity index (χ1) is 26.4.